The van der Waals surface area contributed by atoms with Crippen molar-refractivity contribution in [2.24, 2.45) is 11.8 Å². The van der Waals surface area contributed by atoms with Gasteiger partial charge in [0.25, 0.3) is 0 Å². The Kier molecular flexibility index (Phi) is 4.43. The fourth-order valence-electron chi connectivity index (χ4n) is 2.98. The summed E-state index contributed by atoms with van der Waals surface area (Å²) in [5, 5.41) is 6.59. The van der Waals surface area contributed by atoms with Gasteiger partial charge in [-0.3, -0.25) is 4.79 Å². The summed E-state index contributed by atoms with van der Waals surface area (Å²) < 4.78 is 0. The minimum absolute atomic E-state index is 0.228. The van der Waals surface area contributed by atoms with Crippen molar-refractivity contribution < 1.29 is 4.79 Å². The van der Waals surface area contributed by atoms with Gasteiger partial charge in [0.1, 0.15) is 0 Å². The van der Waals surface area contributed by atoms with Gasteiger partial charge in [0.05, 0.1) is 0 Å². The molecule has 0 heterocycles. The first kappa shape index (κ1) is 12.9. The van der Waals surface area contributed by atoms with E-state index in [0.717, 1.165) is 12.5 Å². The van der Waals surface area contributed by atoms with Crippen LogP contribution in [0.25, 0.3) is 0 Å². The van der Waals surface area contributed by atoms with Crippen molar-refractivity contribution in [2.75, 3.05) is 6.54 Å². The van der Waals surface area contributed by atoms with Gasteiger partial charge in [0.15, 0.2) is 0 Å². The van der Waals surface area contributed by atoms with E-state index >= 15 is 0 Å². The zero-order valence-electron chi connectivity index (χ0n) is 11.2. The SMILES string of the molecule is CCC1CCC(NC(=O)CCNC2CC2)C1C. The second-order valence-corrected chi connectivity index (χ2v) is 5.76. The van der Waals surface area contributed by atoms with E-state index in [1.54, 1.807) is 0 Å². The van der Waals surface area contributed by atoms with Crippen LogP contribution in [-0.2, 0) is 4.79 Å². The molecule has 0 saturated heterocycles. The molecule has 0 bridgehead atoms. The van der Waals surface area contributed by atoms with Crippen molar-refractivity contribution in [1.82, 2.24) is 10.6 Å². The number of hydrogen-bond acceptors (Lipinski definition) is 2. The van der Waals surface area contributed by atoms with Crippen LogP contribution in [0.3, 0.4) is 0 Å². The molecule has 2 aliphatic carbocycles. The molecule has 2 fully saturated rings. The standard InChI is InChI=1S/C14H26N2O/c1-3-11-4-7-13(10(11)2)16-14(17)8-9-15-12-5-6-12/h10-13,15H,3-9H2,1-2H3,(H,16,17). The first-order valence-electron chi connectivity index (χ1n) is 7.23. The first-order chi connectivity index (χ1) is 8.20. The van der Waals surface area contributed by atoms with Crippen molar-refractivity contribution in [3.8, 4) is 0 Å². The Bertz CT molecular complexity index is 263. The second-order valence-electron chi connectivity index (χ2n) is 5.76. The lowest BCUT2D eigenvalue weighted by Gasteiger charge is -2.21. The molecular weight excluding hydrogens is 212 g/mol. The average Bonchev–Trinajstić information content (AvgIpc) is 3.06. The highest BCUT2D eigenvalue weighted by Gasteiger charge is 2.32. The van der Waals surface area contributed by atoms with Crippen molar-refractivity contribution in [3.05, 3.63) is 0 Å². The topological polar surface area (TPSA) is 41.1 Å². The number of amides is 1. The molecule has 3 atom stereocenters. The molecule has 3 unspecified atom stereocenters. The van der Waals surface area contributed by atoms with E-state index in [2.05, 4.69) is 24.5 Å². The fraction of sp³-hybridized carbons (Fsp3) is 0.929. The maximum absolute atomic E-state index is 11.8. The molecule has 1 amide bonds. The summed E-state index contributed by atoms with van der Waals surface area (Å²) in [4.78, 5) is 11.8. The predicted octanol–water partition coefficient (Wildman–Crippen LogP) is 2.07. The van der Waals surface area contributed by atoms with E-state index in [4.69, 9.17) is 0 Å². The third-order valence-electron chi connectivity index (χ3n) is 4.46. The summed E-state index contributed by atoms with van der Waals surface area (Å²) in [6, 6.07) is 1.13. The number of rotatable bonds is 6. The van der Waals surface area contributed by atoms with Crippen molar-refractivity contribution >= 4 is 5.91 Å². The Labute approximate surface area is 105 Å². The quantitative estimate of drug-likeness (QED) is 0.744. The lowest BCUT2D eigenvalue weighted by atomic mass is 9.93. The van der Waals surface area contributed by atoms with Gasteiger partial charge in [-0.15, -0.1) is 0 Å². The van der Waals surface area contributed by atoms with E-state index in [0.29, 0.717) is 24.4 Å². The molecule has 2 rings (SSSR count). The predicted molar refractivity (Wildman–Crippen MR) is 69.8 cm³/mol. The summed E-state index contributed by atoms with van der Waals surface area (Å²) >= 11 is 0. The van der Waals surface area contributed by atoms with E-state index < -0.39 is 0 Å². The number of carbonyl (C=O) groups excluding carboxylic acids is 1. The lowest BCUT2D eigenvalue weighted by molar-refractivity contribution is -0.121. The minimum Gasteiger partial charge on any atom is -0.353 e. The summed E-state index contributed by atoms with van der Waals surface area (Å²) in [6.07, 6.45) is 6.91. The maximum Gasteiger partial charge on any atom is 0.221 e. The molecule has 2 N–H and O–H groups in total. The monoisotopic (exact) mass is 238 g/mol. The molecule has 0 aromatic heterocycles. The maximum atomic E-state index is 11.8. The summed E-state index contributed by atoms with van der Waals surface area (Å²) in [7, 11) is 0. The molecule has 0 aliphatic heterocycles. The van der Waals surface area contributed by atoms with Crippen molar-refractivity contribution in [2.45, 2.75) is 64.5 Å². The van der Waals surface area contributed by atoms with Gasteiger partial charge < -0.3 is 10.6 Å². The highest BCUT2D eigenvalue weighted by atomic mass is 16.1. The van der Waals surface area contributed by atoms with Gasteiger partial charge in [-0.2, -0.15) is 0 Å². The molecule has 0 spiro atoms. The summed E-state index contributed by atoms with van der Waals surface area (Å²) in [6.45, 7) is 5.38. The van der Waals surface area contributed by atoms with Crippen LogP contribution < -0.4 is 10.6 Å². The van der Waals surface area contributed by atoms with Crippen LogP contribution in [0.1, 0.15) is 52.4 Å². The highest BCUT2D eigenvalue weighted by Crippen LogP contribution is 2.33. The number of nitrogens with one attached hydrogen (secondary N) is 2. The van der Waals surface area contributed by atoms with Crippen LogP contribution in [0.15, 0.2) is 0 Å². The molecule has 98 valence electrons. The largest absolute Gasteiger partial charge is 0.353 e. The third kappa shape index (κ3) is 3.70. The molecular formula is C14H26N2O. The van der Waals surface area contributed by atoms with Gasteiger partial charge >= 0.3 is 0 Å². The molecule has 2 aliphatic rings. The van der Waals surface area contributed by atoms with Crippen LogP contribution in [0.4, 0.5) is 0 Å². The Morgan fingerprint density at radius 2 is 2.00 bits per heavy atom. The number of carbonyl (C=O) groups is 1. The Morgan fingerprint density at radius 1 is 1.24 bits per heavy atom. The highest BCUT2D eigenvalue weighted by molar-refractivity contribution is 5.76. The van der Waals surface area contributed by atoms with Crippen LogP contribution in [0.2, 0.25) is 0 Å². The van der Waals surface area contributed by atoms with Gasteiger partial charge in [-0.05, 0) is 37.5 Å². The lowest BCUT2D eigenvalue weighted by Crippen LogP contribution is -2.38. The van der Waals surface area contributed by atoms with Crippen LogP contribution in [-0.4, -0.2) is 24.5 Å². The Balaban J connectivity index is 1.63. The fourth-order valence-corrected chi connectivity index (χ4v) is 2.98. The molecule has 3 heteroatoms. The molecule has 0 aromatic rings. The van der Waals surface area contributed by atoms with Gasteiger partial charge in [0.2, 0.25) is 5.91 Å². The second kappa shape index (κ2) is 5.85. The van der Waals surface area contributed by atoms with Gasteiger partial charge in [-0.1, -0.05) is 20.3 Å². The molecule has 3 nitrogen and oxygen atoms in total. The molecule has 2 saturated carbocycles. The van der Waals surface area contributed by atoms with Crippen LogP contribution in [0, 0.1) is 11.8 Å². The Hall–Kier alpha value is -0.570. The van der Waals surface area contributed by atoms with E-state index in [9.17, 15) is 4.79 Å². The van der Waals surface area contributed by atoms with Gasteiger partial charge in [0, 0.05) is 25.0 Å². The normalized spacial score (nSPS) is 32.7. The van der Waals surface area contributed by atoms with Crippen LogP contribution in [0.5, 0.6) is 0 Å². The molecule has 0 radical (unpaired) electrons. The number of hydrogen-bond donors (Lipinski definition) is 2. The zero-order valence-corrected chi connectivity index (χ0v) is 11.2. The van der Waals surface area contributed by atoms with Crippen molar-refractivity contribution in [3.63, 3.8) is 0 Å². The first-order valence-corrected chi connectivity index (χ1v) is 7.23. The van der Waals surface area contributed by atoms with Crippen LogP contribution >= 0.6 is 0 Å². The minimum atomic E-state index is 0.228. The summed E-state index contributed by atoms with van der Waals surface area (Å²) in [5.41, 5.74) is 0. The third-order valence-corrected chi connectivity index (χ3v) is 4.46. The van der Waals surface area contributed by atoms with E-state index in [-0.39, 0.29) is 5.91 Å². The van der Waals surface area contributed by atoms with E-state index in [1.807, 2.05) is 0 Å². The van der Waals surface area contributed by atoms with Gasteiger partial charge in [-0.25, -0.2) is 0 Å². The molecule has 17 heavy (non-hydrogen) atoms. The zero-order chi connectivity index (χ0) is 12.3. The van der Waals surface area contributed by atoms with E-state index in [1.165, 1.54) is 32.1 Å². The van der Waals surface area contributed by atoms with Crippen molar-refractivity contribution in [1.29, 1.82) is 0 Å². The average molecular weight is 238 g/mol. The molecule has 0 aromatic carbocycles. The summed E-state index contributed by atoms with van der Waals surface area (Å²) in [5.74, 6) is 1.69. The Morgan fingerprint density at radius 3 is 2.59 bits per heavy atom. The smallest absolute Gasteiger partial charge is 0.221 e.